The summed E-state index contributed by atoms with van der Waals surface area (Å²) in [5.41, 5.74) is 4.41. The van der Waals surface area contributed by atoms with Crippen LogP contribution in [0.3, 0.4) is 0 Å². The number of hydrogen-bond acceptors (Lipinski definition) is 3. The lowest BCUT2D eigenvalue weighted by molar-refractivity contribution is -0.123. The largest absolute Gasteiger partial charge is 0.455 e. The maximum Gasteiger partial charge on any atom is 0.237 e. The van der Waals surface area contributed by atoms with Crippen molar-refractivity contribution in [2.45, 2.75) is 38.3 Å². The normalized spacial score (nSPS) is 26.6. The van der Waals surface area contributed by atoms with Gasteiger partial charge >= 0.3 is 0 Å². The van der Waals surface area contributed by atoms with E-state index >= 15 is 0 Å². The molecule has 1 aliphatic rings. The summed E-state index contributed by atoms with van der Waals surface area (Å²) in [5.74, 6) is -0.477. The summed E-state index contributed by atoms with van der Waals surface area (Å²) in [6.07, 6.45) is 0. The first-order valence-electron chi connectivity index (χ1n) is 5.04. The summed E-state index contributed by atoms with van der Waals surface area (Å²) in [6, 6.07) is 3.20. The van der Waals surface area contributed by atoms with Gasteiger partial charge in [0.25, 0.3) is 0 Å². The van der Waals surface area contributed by atoms with Crippen LogP contribution in [-0.2, 0) is 8.91 Å². The monoisotopic (exact) mass is 242 g/mol. The van der Waals surface area contributed by atoms with Crippen LogP contribution in [0.25, 0.3) is 0 Å². The third kappa shape index (κ3) is 2.48. The fraction of sp³-hybridized carbons (Fsp3) is 0.778. The summed E-state index contributed by atoms with van der Waals surface area (Å²) in [6.45, 7) is 8.21. The van der Waals surface area contributed by atoms with E-state index in [1.54, 1.807) is 0 Å². The Bertz CT molecular complexity index is 317. The second-order valence-corrected chi connectivity index (χ2v) is 14.1. The lowest BCUT2D eigenvalue weighted by Crippen LogP contribution is -2.58. The van der Waals surface area contributed by atoms with Gasteiger partial charge in [-0.3, -0.25) is 4.79 Å². The minimum atomic E-state index is -1.91. The van der Waals surface area contributed by atoms with Crippen molar-refractivity contribution in [2.75, 3.05) is 0 Å². The highest BCUT2D eigenvalue weighted by molar-refractivity contribution is 6.86. The molecule has 1 aliphatic heterocycles. The van der Waals surface area contributed by atoms with E-state index in [1.807, 2.05) is 0 Å². The van der Waals surface area contributed by atoms with Gasteiger partial charge in [0.05, 0.1) is 6.07 Å². The summed E-state index contributed by atoms with van der Waals surface area (Å²) in [5, 5.41) is 9.21. The Morgan fingerprint density at radius 3 is 2.00 bits per heavy atom. The fourth-order valence-electron chi connectivity index (χ4n) is 2.64. The highest BCUT2D eigenvalue weighted by atomic mass is 28.4. The van der Waals surface area contributed by atoms with Crippen molar-refractivity contribution in [3.05, 3.63) is 0 Å². The molecule has 1 amide bonds. The minimum Gasteiger partial charge on any atom is -0.455 e. The number of carbonyl (C=O) groups is 1. The number of hydrogen-bond donors (Lipinski definition) is 1. The van der Waals surface area contributed by atoms with E-state index in [2.05, 4.69) is 32.3 Å². The Morgan fingerprint density at radius 2 is 1.73 bits per heavy atom. The van der Waals surface area contributed by atoms with Crippen LogP contribution >= 0.6 is 0 Å². The zero-order chi connectivity index (χ0) is 11.9. The van der Waals surface area contributed by atoms with Gasteiger partial charge < -0.3 is 9.85 Å². The Kier molecular flexibility index (Phi) is 2.85. The smallest absolute Gasteiger partial charge is 0.237 e. The summed E-state index contributed by atoms with van der Waals surface area (Å²) < 4.78 is 6.09. The Balaban J connectivity index is 3.12. The predicted octanol–water partition coefficient (Wildman–Crippen LogP) is 1.42. The fourth-order valence-corrected chi connectivity index (χ4v) is 13.1. The molecule has 0 aromatic carbocycles. The molecule has 1 heterocycles. The van der Waals surface area contributed by atoms with Gasteiger partial charge in [0, 0.05) is 0 Å². The molecular formula is C9H18N2O2Si2. The third-order valence-electron chi connectivity index (χ3n) is 2.69. The molecule has 0 radical (unpaired) electrons. The second kappa shape index (κ2) is 3.44. The predicted molar refractivity (Wildman–Crippen MR) is 62.9 cm³/mol. The van der Waals surface area contributed by atoms with Crippen molar-refractivity contribution in [3.8, 4) is 6.07 Å². The highest BCUT2D eigenvalue weighted by Crippen LogP contribution is 2.43. The third-order valence-corrected chi connectivity index (χ3v) is 10.0. The van der Waals surface area contributed by atoms with Gasteiger partial charge in [-0.15, -0.1) is 0 Å². The molecule has 4 nitrogen and oxygen atoms in total. The number of primary amides is 1. The molecule has 1 fully saturated rings. The molecule has 0 saturated carbocycles. The maximum atomic E-state index is 11.5. The molecule has 15 heavy (non-hydrogen) atoms. The molecule has 0 aromatic rings. The first-order chi connectivity index (χ1) is 6.63. The summed E-state index contributed by atoms with van der Waals surface area (Å²) >= 11 is 0. The minimum absolute atomic E-state index is 0.477. The van der Waals surface area contributed by atoms with Gasteiger partial charge in [0.15, 0.2) is 16.6 Å². The van der Waals surface area contributed by atoms with Crippen molar-refractivity contribution in [2.24, 2.45) is 11.1 Å². The van der Waals surface area contributed by atoms with Crippen molar-refractivity contribution in [1.82, 2.24) is 0 Å². The van der Waals surface area contributed by atoms with E-state index in [0.717, 1.165) is 0 Å². The molecule has 1 saturated heterocycles. The first-order valence-corrected chi connectivity index (χ1v) is 11.3. The van der Waals surface area contributed by atoms with Crippen molar-refractivity contribution in [1.29, 1.82) is 5.26 Å². The van der Waals surface area contributed by atoms with E-state index in [0.29, 0.717) is 12.1 Å². The summed E-state index contributed by atoms with van der Waals surface area (Å²) in [7, 11) is -3.81. The molecule has 1 rings (SSSR count). The van der Waals surface area contributed by atoms with Gasteiger partial charge in [0.2, 0.25) is 5.91 Å². The van der Waals surface area contributed by atoms with E-state index in [-0.39, 0.29) is 0 Å². The zero-order valence-corrected chi connectivity index (χ0v) is 11.8. The average molecular weight is 242 g/mol. The molecule has 6 heteroatoms. The highest BCUT2D eigenvalue weighted by Gasteiger charge is 2.54. The van der Waals surface area contributed by atoms with Crippen molar-refractivity contribution >= 4 is 22.5 Å². The van der Waals surface area contributed by atoms with Crippen molar-refractivity contribution in [3.63, 3.8) is 0 Å². The molecule has 2 N–H and O–H groups in total. The zero-order valence-electron chi connectivity index (χ0n) is 9.76. The molecule has 0 spiro atoms. The Labute approximate surface area is 92.7 Å². The van der Waals surface area contributed by atoms with Crippen LogP contribution in [0.15, 0.2) is 0 Å². The van der Waals surface area contributed by atoms with Crippen molar-refractivity contribution < 1.29 is 8.91 Å². The number of nitrogens with zero attached hydrogens (tertiary/aromatic N) is 1. The number of nitrogens with two attached hydrogens (primary N) is 1. The Morgan fingerprint density at radius 1 is 1.33 bits per heavy atom. The van der Waals surface area contributed by atoms with Crippen LogP contribution in [0.4, 0.5) is 0 Å². The molecule has 0 unspecified atom stereocenters. The lowest BCUT2D eigenvalue weighted by Gasteiger charge is -2.45. The van der Waals surface area contributed by atoms with E-state index in [4.69, 9.17) is 9.85 Å². The van der Waals surface area contributed by atoms with E-state index < -0.39 is 28.0 Å². The van der Waals surface area contributed by atoms with Crippen LogP contribution in [-0.4, -0.2) is 22.5 Å². The van der Waals surface area contributed by atoms with Gasteiger partial charge in [-0.05, 0) is 38.3 Å². The molecule has 84 valence electrons. The second-order valence-electron chi connectivity index (χ2n) is 5.53. The van der Waals surface area contributed by atoms with E-state index in [9.17, 15) is 10.1 Å². The molecule has 0 aromatic heterocycles. The molecule has 0 atom stereocenters. The first kappa shape index (κ1) is 12.4. The van der Waals surface area contributed by atoms with Crippen LogP contribution < -0.4 is 5.73 Å². The quantitative estimate of drug-likeness (QED) is 0.707. The lowest BCUT2D eigenvalue weighted by atomic mass is 9.94. The molecule has 0 bridgehead atoms. The van der Waals surface area contributed by atoms with Gasteiger partial charge in [-0.25, -0.2) is 0 Å². The average Bonchev–Trinajstić information content (AvgIpc) is 1.97. The standard InChI is InChI=1S/C9H18N2O2Si2/c1-14(2)6-9(5-10,8(11)12)7-15(3,4)13-14/h6-7H2,1-4H3,(H2,11,12). The van der Waals surface area contributed by atoms with Crippen LogP contribution in [0.5, 0.6) is 0 Å². The van der Waals surface area contributed by atoms with Crippen LogP contribution in [0.2, 0.25) is 38.3 Å². The molecule has 0 aliphatic carbocycles. The number of rotatable bonds is 1. The topological polar surface area (TPSA) is 76.1 Å². The van der Waals surface area contributed by atoms with Crippen LogP contribution in [0.1, 0.15) is 0 Å². The SMILES string of the molecule is C[Si]1(C)CC(C#N)(C(N)=O)C[Si](C)(C)O1. The number of nitriles is 1. The maximum absolute atomic E-state index is 11.5. The number of carbonyl (C=O) groups excluding carboxylic acids is 1. The van der Waals surface area contributed by atoms with E-state index in [1.165, 1.54) is 0 Å². The van der Waals surface area contributed by atoms with Gasteiger partial charge in [0.1, 0.15) is 5.41 Å². The van der Waals surface area contributed by atoms with Gasteiger partial charge in [-0.1, -0.05) is 0 Å². The Hall–Kier alpha value is -0.646. The molecular weight excluding hydrogens is 224 g/mol. The summed E-state index contributed by atoms with van der Waals surface area (Å²) in [4.78, 5) is 11.5. The van der Waals surface area contributed by atoms with Crippen LogP contribution in [0, 0.1) is 16.7 Å². The van der Waals surface area contributed by atoms with Gasteiger partial charge in [-0.2, -0.15) is 5.26 Å². The number of amides is 1.